The molecule has 11 heteroatoms. The van der Waals surface area contributed by atoms with Crippen molar-refractivity contribution >= 4 is 29.3 Å². The van der Waals surface area contributed by atoms with Crippen LogP contribution in [0, 0.1) is 0 Å². The third-order valence-electron chi connectivity index (χ3n) is 8.27. The summed E-state index contributed by atoms with van der Waals surface area (Å²) in [7, 11) is 2.99. The molecule has 230 valence electrons. The van der Waals surface area contributed by atoms with Crippen molar-refractivity contribution in [2.75, 3.05) is 52.4 Å². The lowest BCUT2D eigenvalue weighted by molar-refractivity contribution is -0.142. The Morgan fingerprint density at radius 3 is 2.71 bits per heavy atom. The minimum atomic E-state index is -1.12. The fourth-order valence-corrected chi connectivity index (χ4v) is 5.98. The first-order chi connectivity index (χ1) is 20.3. The third kappa shape index (κ3) is 7.90. The Hall–Kier alpha value is -2.95. The Morgan fingerprint density at radius 2 is 2.02 bits per heavy atom. The van der Waals surface area contributed by atoms with Gasteiger partial charge in [0.1, 0.15) is 24.3 Å². The highest BCUT2D eigenvalue weighted by Crippen LogP contribution is 2.54. The molecule has 1 aromatic heterocycles. The number of halogens is 2. The number of unbranched alkanes of at least 4 members (excludes halogenated alkanes) is 1. The van der Waals surface area contributed by atoms with Gasteiger partial charge in [-0.3, -0.25) is 4.79 Å². The average Bonchev–Trinajstić information content (AvgIpc) is 3.80. The number of benzene rings is 1. The van der Waals surface area contributed by atoms with Crippen LogP contribution in [0.1, 0.15) is 55.3 Å². The lowest BCUT2D eigenvalue weighted by Gasteiger charge is -2.28. The molecule has 1 aliphatic heterocycles. The van der Waals surface area contributed by atoms with Crippen molar-refractivity contribution in [2.24, 2.45) is 0 Å². The molecule has 1 fully saturated rings. The summed E-state index contributed by atoms with van der Waals surface area (Å²) in [6, 6.07) is 8.32. The summed E-state index contributed by atoms with van der Waals surface area (Å²) in [6.07, 6.45) is 5.36. The molecule has 4 rings (SSSR count). The molecule has 1 amide bonds. The third-order valence-corrected chi connectivity index (χ3v) is 8.59. The number of aliphatic carboxylic acids is 1. The van der Waals surface area contributed by atoms with Gasteiger partial charge in [0.25, 0.3) is 0 Å². The van der Waals surface area contributed by atoms with E-state index in [9.17, 15) is 19.1 Å². The lowest BCUT2D eigenvalue weighted by Crippen LogP contribution is -2.47. The number of pyridine rings is 1. The quantitative estimate of drug-likeness (QED) is 0.228. The van der Waals surface area contributed by atoms with Gasteiger partial charge in [0, 0.05) is 43.0 Å². The maximum atomic E-state index is 13.5. The fourth-order valence-electron chi connectivity index (χ4n) is 5.64. The number of nitrogens with one attached hydrogen (secondary N) is 2. The Labute approximate surface area is 252 Å². The number of aromatic nitrogens is 1. The molecule has 2 atom stereocenters. The highest BCUT2D eigenvalue weighted by Gasteiger charge is 2.54. The largest absolute Gasteiger partial charge is 0.496 e. The number of methoxy groups -OCH3 is 2. The number of fused-ring (bicyclic) bond motifs is 1. The zero-order chi connectivity index (χ0) is 30.1. The van der Waals surface area contributed by atoms with Gasteiger partial charge in [-0.1, -0.05) is 23.7 Å². The van der Waals surface area contributed by atoms with Crippen LogP contribution in [0.3, 0.4) is 0 Å². The second-order valence-electron chi connectivity index (χ2n) is 11.2. The number of carbonyl (C=O) groups excluding carboxylic acids is 1. The van der Waals surface area contributed by atoms with Crippen LogP contribution in [0.4, 0.5) is 10.2 Å². The van der Waals surface area contributed by atoms with Crippen LogP contribution in [-0.2, 0) is 32.6 Å². The number of alkyl halides is 1. The molecule has 1 aromatic carbocycles. The molecule has 0 radical (unpaired) electrons. The fraction of sp³-hybridized carbons (Fsp3) is 0.581. The van der Waals surface area contributed by atoms with Crippen molar-refractivity contribution in [2.45, 2.75) is 68.9 Å². The molecule has 3 N–H and O–H groups in total. The van der Waals surface area contributed by atoms with Gasteiger partial charge in [-0.15, -0.1) is 0 Å². The van der Waals surface area contributed by atoms with Crippen molar-refractivity contribution < 1.29 is 28.6 Å². The second-order valence-corrected chi connectivity index (χ2v) is 11.6. The van der Waals surface area contributed by atoms with Crippen molar-refractivity contribution in [3.05, 3.63) is 52.2 Å². The predicted molar refractivity (Wildman–Crippen MR) is 160 cm³/mol. The van der Waals surface area contributed by atoms with Gasteiger partial charge >= 0.3 is 5.97 Å². The molecule has 1 saturated carbocycles. The number of amides is 1. The number of carboxylic acid groups (broad SMARTS) is 1. The van der Waals surface area contributed by atoms with Gasteiger partial charge in [-0.2, -0.15) is 0 Å². The number of ether oxygens (including phenoxy) is 2. The van der Waals surface area contributed by atoms with Crippen molar-refractivity contribution in [3.63, 3.8) is 0 Å². The number of hydrogen-bond donors (Lipinski definition) is 3. The smallest absolute Gasteiger partial charge is 0.326 e. The zero-order valence-electron chi connectivity index (χ0n) is 24.5. The maximum absolute atomic E-state index is 13.5. The predicted octanol–water partition coefficient (Wildman–Crippen LogP) is 4.40. The molecular weight excluding hydrogens is 563 g/mol. The van der Waals surface area contributed by atoms with E-state index in [0.717, 1.165) is 50.2 Å². The molecule has 9 nitrogen and oxygen atoms in total. The van der Waals surface area contributed by atoms with Gasteiger partial charge in [-0.25, -0.2) is 14.2 Å². The lowest BCUT2D eigenvalue weighted by atomic mass is 9.93. The van der Waals surface area contributed by atoms with E-state index in [0.29, 0.717) is 48.8 Å². The summed E-state index contributed by atoms with van der Waals surface area (Å²) in [4.78, 5) is 32.4. The summed E-state index contributed by atoms with van der Waals surface area (Å²) in [5.74, 6) is -0.00892. The van der Waals surface area contributed by atoms with Crippen LogP contribution in [-0.4, -0.2) is 86.1 Å². The second kappa shape index (κ2) is 15.0. The molecule has 0 saturated heterocycles. The first-order valence-electron chi connectivity index (χ1n) is 14.7. The Balaban J connectivity index is 1.34. The zero-order valence-corrected chi connectivity index (χ0v) is 25.2. The highest BCUT2D eigenvalue weighted by molar-refractivity contribution is 6.32. The van der Waals surface area contributed by atoms with Crippen LogP contribution in [0.2, 0.25) is 5.02 Å². The van der Waals surface area contributed by atoms with E-state index in [2.05, 4.69) is 22.8 Å². The number of rotatable bonds is 17. The number of carboxylic acids is 1. The minimum Gasteiger partial charge on any atom is -0.496 e. The van der Waals surface area contributed by atoms with Crippen molar-refractivity contribution in [3.8, 4) is 5.75 Å². The molecule has 2 aromatic rings. The monoisotopic (exact) mass is 604 g/mol. The molecule has 0 spiro atoms. The molecule has 42 heavy (non-hydrogen) atoms. The van der Waals surface area contributed by atoms with Crippen molar-refractivity contribution in [1.82, 2.24) is 15.2 Å². The summed E-state index contributed by atoms with van der Waals surface area (Å²) in [6.45, 7) is 1.64. The van der Waals surface area contributed by atoms with Crippen LogP contribution < -0.4 is 15.4 Å². The van der Waals surface area contributed by atoms with E-state index < -0.39 is 30.2 Å². The standard InChI is InChI=1S/C31H42ClFN4O5/c1-41-23(19-33)20-37(17-4-3-8-22-12-11-21-7-6-16-34-28(21)35-22)18-13-25(29(38)39)36-30(40)31(14-15-31)27-24(32)9-5-10-26(27)42-2/h5,9-12,23,25H,3-4,6-8,13-20H2,1-2H3,(H,34,35)(H,36,40)(H,38,39)/t23-,25+/m1/s1. The number of nitrogens with zero attached hydrogens (tertiary/aromatic N) is 2. The highest BCUT2D eigenvalue weighted by atomic mass is 35.5. The van der Waals surface area contributed by atoms with E-state index in [4.69, 9.17) is 26.1 Å². The first-order valence-corrected chi connectivity index (χ1v) is 15.1. The summed E-state index contributed by atoms with van der Waals surface area (Å²) in [5.41, 5.74) is 1.97. The van der Waals surface area contributed by atoms with E-state index in [1.54, 1.807) is 18.2 Å². The summed E-state index contributed by atoms with van der Waals surface area (Å²) < 4.78 is 24.2. The Morgan fingerprint density at radius 1 is 1.21 bits per heavy atom. The van der Waals surface area contributed by atoms with E-state index in [1.165, 1.54) is 19.8 Å². The van der Waals surface area contributed by atoms with Crippen LogP contribution in [0.15, 0.2) is 30.3 Å². The van der Waals surface area contributed by atoms with Crippen molar-refractivity contribution in [1.29, 1.82) is 0 Å². The summed E-state index contributed by atoms with van der Waals surface area (Å²) >= 11 is 6.45. The van der Waals surface area contributed by atoms with Gasteiger partial charge in [0.15, 0.2) is 0 Å². The number of anilines is 1. The van der Waals surface area contributed by atoms with Gasteiger partial charge in [0.05, 0.1) is 18.6 Å². The molecular formula is C31H42ClFN4O5. The van der Waals surface area contributed by atoms with Crippen LogP contribution in [0.25, 0.3) is 0 Å². The topological polar surface area (TPSA) is 113 Å². The van der Waals surface area contributed by atoms with Crippen LogP contribution in [0.5, 0.6) is 5.75 Å². The Bertz CT molecular complexity index is 1220. The maximum Gasteiger partial charge on any atom is 0.326 e. The molecule has 1 aliphatic carbocycles. The van der Waals surface area contributed by atoms with E-state index in [-0.39, 0.29) is 12.3 Å². The minimum absolute atomic E-state index is 0.164. The molecule has 0 bridgehead atoms. The summed E-state index contributed by atoms with van der Waals surface area (Å²) in [5, 5.41) is 16.5. The van der Waals surface area contributed by atoms with E-state index in [1.807, 2.05) is 4.90 Å². The van der Waals surface area contributed by atoms with E-state index >= 15 is 0 Å². The SMILES string of the molecule is COc1cccc(Cl)c1C1(C(=O)N[C@@H](CCN(CCCCc2ccc3c(n2)NCCC3)C[C@@H](CF)OC)C(=O)O)CC1. The van der Waals surface area contributed by atoms with Crippen LogP contribution >= 0.6 is 11.6 Å². The Kier molecular flexibility index (Phi) is 11.4. The molecule has 2 aliphatic rings. The number of carbonyl (C=O) groups is 2. The van der Waals surface area contributed by atoms with Gasteiger partial charge in [-0.05, 0) is 81.7 Å². The molecule has 2 heterocycles. The normalized spacial score (nSPS) is 16.7. The first kappa shape index (κ1) is 32.0. The van der Waals surface area contributed by atoms with Gasteiger partial charge in [0.2, 0.25) is 5.91 Å². The average molecular weight is 605 g/mol. The number of hydrogen-bond acceptors (Lipinski definition) is 7. The van der Waals surface area contributed by atoms with Gasteiger partial charge < -0.3 is 30.1 Å². The molecule has 0 unspecified atom stereocenters. The number of aryl methyl sites for hydroxylation is 2.